The average Bonchev–Trinajstić information content (AvgIpc) is 2.86. The molecule has 0 spiro atoms. The number of ether oxygens (including phenoxy) is 3. The van der Waals surface area contributed by atoms with Crippen LogP contribution in [0.5, 0.6) is 0 Å². The van der Waals surface area contributed by atoms with Gasteiger partial charge in [-0.2, -0.15) is 0 Å². The van der Waals surface area contributed by atoms with Crippen molar-refractivity contribution in [3.05, 3.63) is 64.8 Å². The van der Waals surface area contributed by atoms with Gasteiger partial charge in [-0.15, -0.1) is 10.0 Å². The normalized spacial score (nSPS) is 16.3. The third-order valence-electron chi connectivity index (χ3n) is 5.88. The fourth-order valence-corrected chi connectivity index (χ4v) is 6.89. The van der Waals surface area contributed by atoms with Crippen LogP contribution in [0.1, 0.15) is 33.6 Å². The van der Waals surface area contributed by atoms with Crippen LogP contribution in [0.3, 0.4) is 0 Å². The highest BCUT2D eigenvalue weighted by Gasteiger charge is 2.34. The number of fused-ring (bicyclic) bond motifs is 1. The van der Waals surface area contributed by atoms with E-state index in [1.165, 1.54) is 0 Å². The fraction of sp³-hybridized carbons (Fsp3) is 0.393. The molecule has 36 heavy (non-hydrogen) atoms. The summed E-state index contributed by atoms with van der Waals surface area (Å²) < 4.78 is 23.0. The van der Waals surface area contributed by atoms with Crippen LogP contribution in [0.4, 0.5) is 0 Å². The van der Waals surface area contributed by atoms with E-state index in [4.69, 9.17) is 18.6 Å². The largest absolute Gasteiger partial charge is 0.460 e. The lowest BCUT2D eigenvalue weighted by atomic mass is 10.0. The van der Waals surface area contributed by atoms with E-state index in [0.717, 1.165) is 11.1 Å². The second-order valence-electron chi connectivity index (χ2n) is 9.76. The Kier molecular flexibility index (Phi) is 7.85. The van der Waals surface area contributed by atoms with Crippen molar-refractivity contribution in [2.45, 2.75) is 44.3 Å². The average molecular weight is 513 g/mol. The first-order valence-electron chi connectivity index (χ1n) is 12.0. The zero-order chi connectivity index (χ0) is 25.8. The molecule has 2 aromatic carbocycles. The minimum atomic E-state index is -1.80. The summed E-state index contributed by atoms with van der Waals surface area (Å²) in [4.78, 5) is 37.6. The molecule has 1 fully saturated rings. The first kappa shape index (κ1) is 26.0. The molecule has 0 saturated carbocycles. The lowest BCUT2D eigenvalue weighted by Crippen LogP contribution is -2.29. The van der Waals surface area contributed by atoms with Gasteiger partial charge in [-0.1, -0.05) is 42.5 Å². The van der Waals surface area contributed by atoms with Crippen molar-refractivity contribution in [3.8, 4) is 11.1 Å². The predicted molar refractivity (Wildman–Crippen MR) is 140 cm³/mol. The standard InChI is InChI=1S/C28H32O7S/c1-28(2,3)35-25(31)13-12-24(30)33-19-36(16-14-32-15-17-36)26-18-23(29)22-11-7-10-21(27(22)34-26)20-8-5-4-6-9-20/h4-11,18H,12-17,19H2,1-3H3. The summed E-state index contributed by atoms with van der Waals surface area (Å²) in [5.74, 6) is 0.433. The van der Waals surface area contributed by atoms with Gasteiger partial charge in [0.05, 0.1) is 31.4 Å². The maximum absolute atomic E-state index is 13.2. The molecule has 0 aliphatic carbocycles. The second-order valence-corrected chi connectivity index (χ2v) is 13.3. The maximum atomic E-state index is 13.2. The SMILES string of the molecule is CC(C)(C)OC(=O)CCC(=O)OCS1(c2cc(=O)c3cccc(-c4ccccc4)c3o2)CCOCC1. The van der Waals surface area contributed by atoms with E-state index in [2.05, 4.69) is 0 Å². The van der Waals surface area contributed by atoms with E-state index in [1.54, 1.807) is 32.9 Å². The third kappa shape index (κ3) is 6.17. The van der Waals surface area contributed by atoms with E-state index in [1.807, 2.05) is 42.5 Å². The van der Waals surface area contributed by atoms with Gasteiger partial charge < -0.3 is 18.6 Å². The molecule has 0 radical (unpaired) electrons. The Morgan fingerprint density at radius 2 is 1.64 bits per heavy atom. The van der Waals surface area contributed by atoms with Gasteiger partial charge in [-0.05, 0) is 32.4 Å². The van der Waals surface area contributed by atoms with Crippen molar-refractivity contribution in [3.63, 3.8) is 0 Å². The summed E-state index contributed by atoms with van der Waals surface area (Å²) in [5, 5.41) is 1.07. The molecule has 0 bridgehead atoms. The Labute approximate surface area is 212 Å². The Morgan fingerprint density at radius 3 is 2.33 bits per heavy atom. The molecule has 0 unspecified atom stereocenters. The molecule has 1 saturated heterocycles. The van der Waals surface area contributed by atoms with Gasteiger partial charge in [0, 0.05) is 23.1 Å². The van der Waals surface area contributed by atoms with E-state index in [9.17, 15) is 14.4 Å². The van der Waals surface area contributed by atoms with Gasteiger partial charge in [0.25, 0.3) is 0 Å². The Bertz CT molecular complexity index is 1280. The van der Waals surface area contributed by atoms with Crippen molar-refractivity contribution in [1.82, 2.24) is 0 Å². The Hall–Kier alpha value is -3.10. The Morgan fingerprint density at radius 1 is 0.944 bits per heavy atom. The second kappa shape index (κ2) is 10.9. The highest BCUT2D eigenvalue weighted by Crippen LogP contribution is 2.57. The van der Waals surface area contributed by atoms with Crippen molar-refractivity contribution >= 4 is 32.9 Å². The zero-order valence-corrected chi connectivity index (χ0v) is 21.7. The summed E-state index contributed by atoms with van der Waals surface area (Å²) in [6, 6.07) is 16.9. The molecule has 0 amide bonds. The van der Waals surface area contributed by atoms with Gasteiger partial charge in [-0.3, -0.25) is 14.4 Å². The minimum absolute atomic E-state index is 0.0486. The first-order valence-corrected chi connectivity index (χ1v) is 14.1. The summed E-state index contributed by atoms with van der Waals surface area (Å²) in [6.45, 7) is 6.33. The molecular weight excluding hydrogens is 480 g/mol. The predicted octanol–water partition coefficient (Wildman–Crippen LogP) is 5.28. The van der Waals surface area contributed by atoms with E-state index in [0.29, 0.717) is 40.8 Å². The molecule has 8 heteroatoms. The number of benzene rings is 2. The lowest BCUT2D eigenvalue weighted by Gasteiger charge is -2.40. The van der Waals surface area contributed by atoms with Crippen LogP contribution in [-0.2, 0) is 23.8 Å². The van der Waals surface area contributed by atoms with Crippen molar-refractivity contribution < 1.29 is 28.2 Å². The molecule has 192 valence electrons. The number of rotatable bonds is 7. The molecular formula is C28H32O7S. The number of esters is 2. The van der Waals surface area contributed by atoms with Crippen LogP contribution in [-0.4, -0.2) is 48.2 Å². The van der Waals surface area contributed by atoms with E-state index in [-0.39, 0.29) is 24.2 Å². The first-order chi connectivity index (χ1) is 17.2. The lowest BCUT2D eigenvalue weighted by molar-refractivity contribution is -0.157. The number of carbonyl (C=O) groups excluding carboxylic acids is 2. The molecule has 2 heterocycles. The fourth-order valence-electron chi connectivity index (χ4n) is 4.08. The van der Waals surface area contributed by atoms with Gasteiger partial charge in [0.1, 0.15) is 17.1 Å². The third-order valence-corrected chi connectivity index (χ3v) is 9.40. The quantitative estimate of drug-likeness (QED) is 0.398. The van der Waals surface area contributed by atoms with Crippen LogP contribution in [0, 0.1) is 0 Å². The Balaban J connectivity index is 1.60. The minimum Gasteiger partial charge on any atom is -0.460 e. The number of hydrogen-bond donors (Lipinski definition) is 0. The summed E-state index contributed by atoms with van der Waals surface area (Å²) >= 11 is 0. The molecule has 4 rings (SSSR count). The molecule has 1 aliphatic rings. The van der Waals surface area contributed by atoms with Crippen LogP contribution in [0.25, 0.3) is 22.1 Å². The van der Waals surface area contributed by atoms with Gasteiger partial charge in [0.15, 0.2) is 10.5 Å². The van der Waals surface area contributed by atoms with Crippen LogP contribution in [0.2, 0.25) is 0 Å². The number of para-hydroxylation sites is 1. The number of hydrogen-bond acceptors (Lipinski definition) is 7. The molecule has 3 aromatic rings. The molecule has 1 aromatic heterocycles. The monoisotopic (exact) mass is 512 g/mol. The van der Waals surface area contributed by atoms with Crippen LogP contribution in [0.15, 0.2) is 68.9 Å². The maximum Gasteiger partial charge on any atom is 0.307 e. The molecule has 0 N–H and O–H groups in total. The zero-order valence-electron chi connectivity index (χ0n) is 20.9. The van der Waals surface area contributed by atoms with Gasteiger partial charge in [0.2, 0.25) is 0 Å². The van der Waals surface area contributed by atoms with Crippen molar-refractivity contribution in [1.29, 1.82) is 0 Å². The highest BCUT2D eigenvalue weighted by atomic mass is 32.3. The molecule has 0 atom stereocenters. The topological polar surface area (TPSA) is 92.0 Å². The smallest absolute Gasteiger partial charge is 0.307 e. The van der Waals surface area contributed by atoms with E-state index < -0.39 is 27.6 Å². The van der Waals surface area contributed by atoms with Crippen LogP contribution < -0.4 is 5.43 Å². The summed E-state index contributed by atoms with van der Waals surface area (Å²) in [7, 11) is -1.80. The summed E-state index contributed by atoms with van der Waals surface area (Å²) in [6.07, 6.45) is -0.117. The summed E-state index contributed by atoms with van der Waals surface area (Å²) in [5.41, 5.74) is 1.58. The molecule has 7 nitrogen and oxygen atoms in total. The molecule has 1 aliphatic heterocycles. The van der Waals surface area contributed by atoms with Gasteiger partial charge in [-0.25, -0.2) is 0 Å². The number of carbonyl (C=O) groups is 2. The van der Waals surface area contributed by atoms with Crippen LogP contribution >= 0.6 is 10.0 Å². The highest BCUT2D eigenvalue weighted by molar-refractivity contribution is 8.33. The van der Waals surface area contributed by atoms with Crippen molar-refractivity contribution in [2.24, 2.45) is 0 Å². The van der Waals surface area contributed by atoms with Crippen molar-refractivity contribution in [2.75, 3.05) is 30.7 Å². The van der Waals surface area contributed by atoms with Gasteiger partial charge >= 0.3 is 11.9 Å². The van der Waals surface area contributed by atoms with E-state index >= 15 is 0 Å².